The Balaban J connectivity index is 1.91. The van der Waals surface area contributed by atoms with E-state index in [9.17, 15) is 4.79 Å². The summed E-state index contributed by atoms with van der Waals surface area (Å²) >= 11 is 7.67. The van der Waals surface area contributed by atoms with Gasteiger partial charge in [0, 0.05) is 6.54 Å². The molecule has 2 aromatic heterocycles. The van der Waals surface area contributed by atoms with Crippen molar-refractivity contribution in [2.75, 3.05) is 5.32 Å². The summed E-state index contributed by atoms with van der Waals surface area (Å²) in [4.78, 5) is 17.0. The highest BCUT2D eigenvalue weighted by Gasteiger charge is 2.21. The number of hydrogen-bond acceptors (Lipinski definition) is 4. The average molecular weight is 349 g/mol. The Kier molecular flexibility index (Phi) is 4.37. The lowest BCUT2D eigenvalue weighted by molar-refractivity contribution is 0.101. The van der Waals surface area contributed by atoms with Gasteiger partial charge in [-0.2, -0.15) is 5.10 Å². The molecule has 2 heterocycles. The van der Waals surface area contributed by atoms with Gasteiger partial charge >= 0.3 is 0 Å². The van der Waals surface area contributed by atoms with Crippen LogP contribution in [0.25, 0.3) is 10.2 Å². The second kappa shape index (κ2) is 6.29. The van der Waals surface area contributed by atoms with Crippen LogP contribution in [-0.2, 0) is 13.0 Å². The van der Waals surface area contributed by atoms with Crippen LogP contribution in [0.4, 0.5) is 5.13 Å². The number of anilines is 1. The maximum Gasteiger partial charge on any atom is 0.277 e. The number of nitrogens with zero attached hydrogens (tertiary/aromatic N) is 3. The Hall–Kier alpha value is -1.92. The highest BCUT2D eigenvalue weighted by Crippen LogP contribution is 2.28. The summed E-state index contributed by atoms with van der Waals surface area (Å²) in [7, 11) is 0. The fourth-order valence-corrected chi connectivity index (χ4v) is 3.55. The maximum atomic E-state index is 12.5. The number of hydrogen-bond donors (Lipinski definition) is 1. The number of halogens is 1. The third-order valence-corrected chi connectivity index (χ3v) is 5.04. The molecular formula is C16H17ClN4OS. The first kappa shape index (κ1) is 16.0. The van der Waals surface area contributed by atoms with Crippen molar-refractivity contribution in [3.05, 3.63) is 40.2 Å². The number of nitrogens with one attached hydrogen (secondary N) is 1. The summed E-state index contributed by atoms with van der Waals surface area (Å²) < 4.78 is 2.67. The smallest absolute Gasteiger partial charge is 0.277 e. The van der Waals surface area contributed by atoms with Gasteiger partial charge in [-0.25, -0.2) is 4.98 Å². The van der Waals surface area contributed by atoms with Gasteiger partial charge in [-0.05, 0) is 38.0 Å². The number of aromatic nitrogens is 3. The fraction of sp³-hybridized carbons (Fsp3) is 0.312. The minimum Gasteiger partial charge on any atom is -0.296 e. The summed E-state index contributed by atoms with van der Waals surface area (Å²) in [6.45, 7) is 6.40. The number of rotatable bonds is 4. The van der Waals surface area contributed by atoms with Crippen LogP contribution in [0.3, 0.4) is 0 Å². The van der Waals surface area contributed by atoms with Gasteiger partial charge in [0.25, 0.3) is 5.91 Å². The van der Waals surface area contributed by atoms with Gasteiger partial charge < -0.3 is 0 Å². The summed E-state index contributed by atoms with van der Waals surface area (Å²) in [6, 6.07) is 6.14. The zero-order valence-corrected chi connectivity index (χ0v) is 14.8. The molecule has 0 saturated heterocycles. The first-order valence-electron chi connectivity index (χ1n) is 7.47. The summed E-state index contributed by atoms with van der Waals surface area (Å²) in [6.07, 6.45) is 0.972. The first-order chi connectivity index (χ1) is 11.0. The summed E-state index contributed by atoms with van der Waals surface area (Å²) in [5, 5.41) is 8.05. The summed E-state index contributed by atoms with van der Waals surface area (Å²) in [5.74, 6) is -0.285. The van der Waals surface area contributed by atoms with Crippen LogP contribution in [0.1, 0.15) is 35.6 Å². The molecule has 0 aliphatic heterocycles. The maximum absolute atomic E-state index is 12.5. The monoisotopic (exact) mass is 348 g/mol. The van der Waals surface area contributed by atoms with E-state index in [4.69, 9.17) is 11.6 Å². The molecule has 3 rings (SSSR count). The molecule has 0 bridgehead atoms. The molecule has 23 heavy (non-hydrogen) atoms. The van der Waals surface area contributed by atoms with Crippen LogP contribution in [-0.4, -0.2) is 20.7 Å². The van der Waals surface area contributed by atoms with Crippen molar-refractivity contribution in [1.29, 1.82) is 0 Å². The Bertz CT molecular complexity index is 884. The van der Waals surface area contributed by atoms with Crippen molar-refractivity contribution in [3.8, 4) is 0 Å². The summed E-state index contributed by atoms with van der Waals surface area (Å²) in [5.41, 5.74) is 3.16. The molecule has 0 unspecified atom stereocenters. The number of carbonyl (C=O) groups is 1. The van der Waals surface area contributed by atoms with Crippen molar-refractivity contribution in [1.82, 2.24) is 14.8 Å². The second-order valence-corrected chi connectivity index (χ2v) is 6.60. The molecule has 0 aliphatic rings. The number of amides is 1. The number of carbonyl (C=O) groups excluding carboxylic acids is 1. The minimum absolute atomic E-state index is 0.285. The molecule has 0 saturated carbocycles. The van der Waals surface area contributed by atoms with Crippen molar-refractivity contribution in [2.24, 2.45) is 0 Å². The highest BCUT2D eigenvalue weighted by atomic mass is 35.5. The molecule has 120 valence electrons. The van der Waals surface area contributed by atoms with Gasteiger partial charge in [0.2, 0.25) is 0 Å². The molecule has 0 atom stereocenters. The van der Waals surface area contributed by atoms with Crippen LogP contribution < -0.4 is 5.32 Å². The van der Waals surface area contributed by atoms with E-state index < -0.39 is 0 Å². The number of thiazole rings is 1. The van der Waals surface area contributed by atoms with Crippen molar-refractivity contribution >= 4 is 44.2 Å². The topological polar surface area (TPSA) is 59.8 Å². The van der Waals surface area contributed by atoms with Crippen molar-refractivity contribution in [2.45, 2.75) is 33.7 Å². The molecule has 0 radical (unpaired) electrons. The van der Waals surface area contributed by atoms with Crippen LogP contribution in [0, 0.1) is 6.92 Å². The van der Waals surface area contributed by atoms with Gasteiger partial charge in [0.1, 0.15) is 5.69 Å². The van der Waals surface area contributed by atoms with Crippen molar-refractivity contribution in [3.63, 3.8) is 0 Å². The molecule has 7 heteroatoms. The van der Waals surface area contributed by atoms with Crippen LogP contribution >= 0.6 is 22.9 Å². The van der Waals surface area contributed by atoms with E-state index in [2.05, 4.69) is 34.5 Å². The minimum atomic E-state index is -0.285. The Morgan fingerprint density at radius 1 is 1.39 bits per heavy atom. The Labute approximate surface area is 143 Å². The lowest BCUT2D eigenvalue weighted by Crippen LogP contribution is -2.17. The predicted octanol–water partition coefficient (Wildman–Crippen LogP) is 4.29. The largest absolute Gasteiger partial charge is 0.296 e. The normalized spacial score (nSPS) is 11.1. The van der Waals surface area contributed by atoms with Gasteiger partial charge in [-0.1, -0.05) is 35.9 Å². The molecule has 5 nitrogen and oxygen atoms in total. The molecule has 1 N–H and O–H groups in total. The fourth-order valence-electron chi connectivity index (χ4n) is 2.40. The molecule has 1 amide bonds. The van der Waals surface area contributed by atoms with E-state index in [0.29, 0.717) is 28.1 Å². The number of benzene rings is 1. The molecule has 0 fully saturated rings. The van der Waals surface area contributed by atoms with Crippen LogP contribution in [0.2, 0.25) is 5.02 Å². The van der Waals surface area contributed by atoms with Gasteiger partial charge in [-0.15, -0.1) is 0 Å². The van der Waals surface area contributed by atoms with E-state index in [1.165, 1.54) is 16.9 Å². The van der Waals surface area contributed by atoms with Gasteiger partial charge in [0.05, 0.1) is 20.9 Å². The third-order valence-electron chi connectivity index (χ3n) is 3.65. The van der Waals surface area contributed by atoms with Crippen molar-refractivity contribution < 1.29 is 4.79 Å². The van der Waals surface area contributed by atoms with E-state index in [0.717, 1.165) is 16.6 Å². The highest BCUT2D eigenvalue weighted by molar-refractivity contribution is 7.22. The second-order valence-electron chi connectivity index (χ2n) is 5.19. The van der Waals surface area contributed by atoms with Crippen LogP contribution in [0.15, 0.2) is 18.2 Å². The lowest BCUT2D eigenvalue weighted by atomic mass is 10.2. The predicted molar refractivity (Wildman–Crippen MR) is 94.6 cm³/mol. The van der Waals surface area contributed by atoms with Gasteiger partial charge in [0.15, 0.2) is 5.13 Å². The lowest BCUT2D eigenvalue weighted by Gasteiger charge is -2.04. The SMILES string of the molecule is CCc1ccc2nc(NC(=O)c3c(Cl)c(C)nn3CC)sc2c1. The Morgan fingerprint density at radius 2 is 2.17 bits per heavy atom. The third kappa shape index (κ3) is 2.96. The molecule has 0 aliphatic carbocycles. The van der Waals surface area contributed by atoms with E-state index in [-0.39, 0.29) is 5.91 Å². The standard InChI is InChI=1S/C16H17ClN4OS/c1-4-10-6-7-11-12(8-10)23-16(18-11)19-15(22)14-13(17)9(3)20-21(14)5-2/h6-8H,4-5H2,1-3H3,(H,18,19,22). The van der Waals surface area contributed by atoms with Crippen LogP contribution in [0.5, 0.6) is 0 Å². The first-order valence-corrected chi connectivity index (χ1v) is 8.66. The Morgan fingerprint density at radius 3 is 2.87 bits per heavy atom. The quantitative estimate of drug-likeness (QED) is 0.765. The molecular weight excluding hydrogens is 332 g/mol. The van der Waals surface area contributed by atoms with E-state index in [1.807, 2.05) is 13.0 Å². The zero-order chi connectivity index (χ0) is 16.6. The van der Waals surface area contributed by atoms with Gasteiger partial charge in [-0.3, -0.25) is 14.8 Å². The average Bonchev–Trinajstić information content (AvgIpc) is 3.06. The molecule has 0 spiro atoms. The van der Waals surface area contributed by atoms with E-state index in [1.54, 1.807) is 11.6 Å². The zero-order valence-electron chi connectivity index (χ0n) is 13.2. The van der Waals surface area contributed by atoms with E-state index >= 15 is 0 Å². The number of aryl methyl sites for hydroxylation is 3. The molecule has 3 aromatic rings. The molecule has 1 aromatic carbocycles. The number of fused-ring (bicyclic) bond motifs is 1.